The lowest BCUT2D eigenvalue weighted by Gasteiger charge is -2.20. The Labute approximate surface area is 137 Å². The molecular formula is C16H17BrN2O3. The second-order valence-electron chi connectivity index (χ2n) is 5.35. The quantitative estimate of drug-likeness (QED) is 0.901. The van der Waals surface area contributed by atoms with Crippen molar-refractivity contribution in [1.29, 1.82) is 0 Å². The van der Waals surface area contributed by atoms with Gasteiger partial charge >= 0.3 is 5.97 Å². The van der Waals surface area contributed by atoms with E-state index in [-0.39, 0.29) is 5.69 Å². The normalized spacial score (nSPS) is 12.7. The van der Waals surface area contributed by atoms with E-state index in [0.717, 1.165) is 39.9 Å². The fourth-order valence-corrected chi connectivity index (χ4v) is 3.53. The van der Waals surface area contributed by atoms with Crippen molar-refractivity contribution in [2.75, 3.05) is 7.11 Å². The van der Waals surface area contributed by atoms with Crippen molar-refractivity contribution in [3.05, 3.63) is 33.4 Å². The van der Waals surface area contributed by atoms with Gasteiger partial charge in [-0.25, -0.2) is 4.79 Å². The molecule has 22 heavy (non-hydrogen) atoms. The molecule has 1 aliphatic rings. The van der Waals surface area contributed by atoms with Crippen molar-refractivity contribution in [1.82, 2.24) is 9.78 Å². The zero-order valence-corrected chi connectivity index (χ0v) is 14.1. The molecule has 1 heterocycles. The number of aromatic nitrogens is 2. The summed E-state index contributed by atoms with van der Waals surface area (Å²) in [4.78, 5) is 11.5. The smallest absolute Gasteiger partial charge is 0.356 e. The lowest BCUT2D eigenvalue weighted by Crippen LogP contribution is -2.09. The van der Waals surface area contributed by atoms with Gasteiger partial charge in [0.25, 0.3) is 0 Å². The molecule has 0 saturated heterocycles. The van der Waals surface area contributed by atoms with Crippen LogP contribution >= 0.6 is 15.9 Å². The highest BCUT2D eigenvalue weighted by atomic mass is 79.9. The van der Waals surface area contributed by atoms with Gasteiger partial charge in [0.15, 0.2) is 5.69 Å². The predicted octanol–water partition coefficient (Wildman–Crippen LogP) is 3.53. The number of carbonyl (C=O) groups is 1. The summed E-state index contributed by atoms with van der Waals surface area (Å²) in [6.45, 7) is 2.76. The third kappa shape index (κ3) is 2.31. The number of aromatic carboxylic acids is 1. The SMILES string of the molecule is CCCn1nc(C(=O)O)c2c1-c1cc(Br)c(OC)cc1CC2. The predicted molar refractivity (Wildman–Crippen MR) is 86.6 cm³/mol. The minimum atomic E-state index is -0.956. The second-order valence-corrected chi connectivity index (χ2v) is 6.20. The molecule has 0 spiro atoms. The number of carboxylic acid groups (broad SMARTS) is 1. The summed E-state index contributed by atoms with van der Waals surface area (Å²) in [5.41, 5.74) is 4.17. The number of benzene rings is 1. The first-order chi connectivity index (χ1) is 10.6. The van der Waals surface area contributed by atoms with E-state index >= 15 is 0 Å². The number of methoxy groups -OCH3 is 1. The van der Waals surface area contributed by atoms with Gasteiger partial charge in [-0.2, -0.15) is 5.10 Å². The highest BCUT2D eigenvalue weighted by Gasteiger charge is 2.28. The van der Waals surface area contributed by atoms with Gasteiger partial charge in [0, 0.05) is 17.7 Å². The van der Waals surface area contributed by atoms with Crippen LogP contribution in [0.1, 0.15) is 35.0 Å². The number of ether oxygens (including phenoxy) is 1. The number of nitrogens with zero attached hydrogens (tertiary/aromatic N) is 2. The van der Waals surface area contributed by atoms with Crippen LogP contribution in [0.25, 0.3) is 11.3 Å². The van der Waals surface area contributed by atoms with E-state index in [1.54, 1.807) is 7.11 Å². The third-order valence-corrected chi connectivity index (χ3v) is 4.59. The molecule has 0 aliphatic heterocycles. The molecule has 1 aromatic heterocycles. The van der Waals surface area contributed by atoms with Crippen LogP contribution in [0.15, 0.2) is 16.6 Å². The Kier molecular flexibility index (Phi) is 3.95. The van der Waals surface area contributed by atoms with Crippen LogP contribution in [0.2, 0.25) is 0 Å². The largest absolute Gasteiger partial charge is 0.496 e. The van der Waals surface area contributed by atoms with Gasteiger partial charge in [-0.1, -0.05) is 6.92 Å². The summed E-state index contributed by atoms with van der Waals surface area (Å²) in [6, 6.07) is 4.03. The summed E-state index contributed by atoms with van der Waals surface area (Å²) in [7, 11) is 1.64. The molecule has 1 aromatic carbocycles. The molecule has 0 atom stereocenters. The number of halogens is 1. The maximum atomic E-state index is 11.5. The molecule has 5 nitrogen and oxygen atoms in total. The average Bonchev–Trinajstić information content (AvgIpc) is 2.86. The topological polar surface area (TPSA) is 64.4 Å². The highest BCUT2D eigenvalue weighted by Crippen LogP contribution is 2.40. The van der Waals surface area contributed by atoms with Gasteiger partial charge < -0.3 is 9.84 Å². The summed E-state index contributed by atoms with van der Waals surface area (Å²) in [5.74, 6) is -0.163. The van der Waals surface area contributed by atoms with Crippen LogP contribution < -0.4 is 4.74 Å². The number of fused-ring (bicyclic) bond motifs is 3. The molecule has 1 aliphatic carbocycles. The maximum Gasteiger partial charge on any atom is 0.356 e. The molecule has 3 rings (SSSR count). The van der Waals surface area contributed by atoms with Gasteiger partial charge in [-0.05, 0) is 52.9 Å². The van der Waals surface area contributed by atoms with E-state index in [2.05, 4.69) is 28.0 Å². The Morgan fingerprint density at radius 2 is 2.23 bits per heavy atom. The van der Waals surface area contributed by atoms with Crippen LogP contribution in [-0.4, -0.2) is 28.0 Å². The Morgan fingerprint density at radius 1 is 1.45 bits per heavy atom. The minimum absolute atomic E-state index is 0.182. The highest BCUT2D eigenvalue weighted by molar-refractivity contribution is 9.10. The zero-order valence-electron chi connectivity index (χ0n) is 12.5. The summed E-state index contributed by atoms with van der Waals surface area (Å²) in [5, 5.41) is 13.7. The molecule has 6 heteroatoms. The van der Waals surface area contributed by atoms with E-state index in [4.69, 9.17) is 4.74 Å². The first-order valence-electron chi connectivity index (χ1n) is 7.26. The van der Waals surface area contributed by atoms with Gasteiger partial charge in [0.05, 0.1) is 17.3 Å². The van der Waals surface area contributed by atoms with Crippen molar-refractivity contribution in [3.8, 4) is 17.0 Å². The molecule has 2 aromatic rings. The molecular weight excluding hydrogens is 348 g/mol. The number of carboxylic acids is 1. The van der Waals surface area contributed by atoms with Crippen LogP contribution in [-0.2, 0) is 19.4 Å². The standard InChI is InChI=1S/C16H17BrN2O3/c1-3-6-19-15-10(14(18-19)16(20)21)5-4-9-7-13(22-2)12(17)8-11(9)15/h7-8H,3-6H2,1-2H3,(H,20,21). The third-order valence-electron chi connectivity index (χ3n) is 3.97. The van der Waals surface area contributed by atoms with Crippen molar-refractivity contribution in [2.24, 2.45) is 0 Å². The molecule has 0 unspecified atom stereocenters. The van der Waals surface area contributed by atoms with Crippen LogP contribution in [0.3, 0.4) is 0 Å². The zero-order chi connectivity index (χ0) is 15.9. The van der Waals surface area contributed by atoms with E-state index in [9.17, 15) is 9.90 Å². The minimum Gasteiger partial charge on any atom is -0.496 e. The molecule has 116 valence electrons. The fourth-order valence-electron chi connectivity index (χ4n) is 3.02. The maximum absolute atomic E-state index is 11.5. The molecule has 0 amide bonds. The van der Waals surface area contributed by atoms with E-state index in [1.165, 1.54) is 5.56 Å². The summed E-state index contributed by atoms with van der Waals surface area (Å²) in [6.07, 6.45) is 2.39. The Bertz CT molecular complexity index is 752. The van der Waals surface area contributed by atoms with Crippen LogP contribution in [0, 0.1) is 0 Å². The van der Waals surface area contributed by atoms with Gasteiger partial charge in [-0.15, -0.1) is 0 Å². The summed E-state index contributed by atoms with van der Waals surface area (Å²) >= 11 is 3.52. The lowest BCUT2D eigenvalue weighted by atomic mass is 9.88. The second kappa shape index (κ2) is 5.76. The van der Waals surface area contributed by atoms with Crippen molar-refractivity contribution < 1.29 is 14.6 Å². The van der Waals surface area contributed by atoms with E-state index in [1.807, 2.05) is 16.8 Å². The van der Waals surface area contributed by atoms with E-state index in [0.29, 0.717) is 13.0 Å². The molecule has 0 bridgehead atoms. The first kappa shape index (κ1) is 15.1. The number of rotatable bonds is 4. The molecule has 0 saturated carbocycles. The molecule has 0 radical (unpaired) electrons. The fraction of sp³-hybridized carbons (Fsp3) is 0.375. The van der Waals surface area contributed by atoms with Crippen molar-refractivity contribution in [2.45, 2.75) is 32.7 Å². The van der Waals surface area contributed by atoms with Crippen molar-refractivity contribution >= 4 is 21.9 Å². The van der Waals surface area contributed by atoms with Gasteiger partial charge in [0.2, 0.25) is 0 Å². The first-order valence-corrected chi connectivity index (χ1v) is 8.05. The van der Waals surface area contributed by atoms with Crippen molar-refractivity contribution in [3.63, 3.8) is 0 Å². The number of aryl methyl sites for hydroxylation is 2. The summed E-state index contributed by atoms with van der Waals surface area (Å²) < 4.78 is 8.05. The molecule has 1 N–H and O–H groups in total. The Morgan fingerprint density at radius 3 is 2.86 bits per heavy atom. The van der Waals surface area contributed by atoms with Crippen LogP contribution in [0.5, 0.6) is 5.75 Å². The Balaban J connectivity index is 2.24. The average molecular weight is 365 g/mol. The monoisotopic (exact) mass is 364 g/mol. The van der Waals surface area contributed by atoms with E-state index < -0.39 is 5.97 Å². The lowest BCUT2D eigenvalue weighted by molar-refractivity contribution is 0.0688. The Hall–Kier alpha value is -1.82. The number of hydrogen-bond acceptors (Lipinski definition) is 3. The number of hydrogen-bond donors (Lipinski definition) is 1. The van der Waals surface area contributed by atoms with Gasteiger partial charge in [-0.3, -0.25) is 4.68 Å². The van der Waals surface area contributed by atoms with Crippen LogP contribution in [0.4, 0.5) is 0 Å². The van der Waals surface area contributed by atoms with Gasteiger partial charge in [0.1, 0.15) is 5.75 Å². The molecule has 0 fully saturated rings.